The molecule has 3 heteroatoms. The molecular formula is C19H18N2O. The molecule has 0 unspecified atom stereocenters. The van der Waals surface area contributed by atoms with Crippen LogP contribution in [0.2, 0.25) is 0 Å². The lowest BCUT2D eigenvalue weighted by molar-refractivity contribution is 0.101. The maximum atomic E-state index is 11.8. The first-order chi connectivity index (χ1) is 10.7. The highest BCUT2D eigenvalue weighted by Crippen LogP contribution is 2.26. The van der Waals surface area contributed by atoms with Gasteiger partial charge in [-0.1, -0.05) is 60.7 Å². The first-order valence-electron chi connectivity index (χ1n) is 7.34. The van der Waals surface area contributed by atoms with Gasteiger partial charge < -0.3 is 0 Å². The summed E-state index contributed by atoms with van der Waals surface area (Å²) in [6, 6.07) is 20.3. The van der Waals surface area contributed by atoms with E-state index in [2.05, 4.69) is 29.4 Å². The van der Waals surface area contributed by atoms with E-state index in [0.29, 0.717) is 12.2 Å². The maximum absolute atomic E-state index is 11.8. The van der Waals surface area contributed by atoms with Crippen LogP contribution in [0.5, 0.6) is 0 Å². The number of rotatable bonds is 4. The van der Waals surface area contributed by atoms with E-state index in [1.54, 1.807) is 6.92 Å². The Morgan fingerprint density at radius 1 is 1.00 bits per heavy atom. The zero-order chi connectivity index (χ0) is 15.5. The molecule has 0 saturated carbocycles. The number of nitrogens with zero attached hydrogens (tertiary/aromatic N) is 2. The van der Waals surface area contributed by atoms with Crippen molar-refractivity contribution in [3.63, 3.8) is 0 Å². The van der Waals surface area contributed by atoms with E-state index in [4.69, 9.17) is 0 Å². The van der Waals surface area contributed by atoms with Crippen molar-refractivity contribution in [2.75, 3.05) is 0 Å². The normalized spacial score (nSPS) is 10.6. The molecule has 3 nitrogen and oxygen atoms in total. The van der Waals surface area contributed by atoms with Gasteiger partial charge in [-0.2, -0.15) is 5.10 Å². The number of hydrogen-bond donors (Lipinski definition) is 0. The van der Waals surface area contributed by atoms with Crippen LogP contribution in [-0.4, -0.2) is 15.6 Å². The van der Waals surface area contributed by atoms with Gasteiger partial charge in [0, 0.05) is 18.1 Å². The van der Waals surface area contributed by atoms with Crippen molar-refractivity contribution in [1.29, 1.82) is 0 Å². The Kier molecular flexibility index (Phi) is 3.88. The van der Waals surface area contributed by atoms with Gasteiger partial charge in [-0.25, -0.2) is 0 Å². The fourth-order valence-corrected chi connectivity index (χ4v) is 2.72. The molecule has 0 aliphatic heterocycles. The first kappa shape index (κ1) is 14.3. The summed E-state index contributed by atoms with van der Waals surface area (Å²) in [6.45, 7) is 4.18. The lowest BCUT2D eigenvalue weighted by atomic mass is 10.1. The highest BCUT2D eigenvalue weighted by molar-refractivity contribution is 5.95. The fourth-order valence-electron chi connectivity index (χ4n) is 2.72. The maximum Gasteiger partial charge on any atom is 0.180 e. The van der Waals surface area contributed by atoms with Gasteiger partial charge in [0.15, 0.2) is 5.78 Å². The van der Waals surface area contributed by atoms with Crippen LogP contribution < -0.4 is 0 Å². The number of benzene rings is 2. The van der Waals surface area contributed by atoms with Crippen molar-refractivity contribution in [3.05, 3.63) is 77.5 Å². The van der Waals surface area contributed by atoms with Crippen LogP contribution in [0.4, 0.5) is 0 Å². The van der Waals surface area contributed by atoms with Gasteiger partial charge in [0.1, 0.15) is 5.69 Å². The average Bonchev–Trinajstić information content (AvgIpc) is 2.86. The van der Waals surface area contributed by atoms with Crippen LogP contribution in [-0.2, 0) is 6.54 Å². The Labute approximate surface area is 130 Å². The molecule has 0 aliphatic carbocycles. The fraction of sp³-hybridized carbons (Fsp3) is 0.158. The molecule has 1 heterocycles. The third-order valence-electron chi connectivity index (χ3n) is 3.75. The van der Waals surface area contributed by atoms with Gasteiger partial charge >= 0.3 is 0 Å². The molecule has 22 heavy (non-hydrogen) atoms. The summed E-state index contributed by atoms with van der Waals surface area (Å²) in [4.78, 5) is 11.8. The number of Topliss-reactive ketones (excluding diaryl/α,β-unsaturated/α-hetero) is 1. The summed E-state index contributed by atoms with van der Waals surface area (Å²) in [7, 11) is 0. The average molecular weight is 290 g/mol. The summed E-state index contributed by atoms with van der Waals surface area (Å²) in [5.74, 6) is 0.00138. The Bertz CT molecular complexity index is 789. The molecule has 0 radical (unpaired) electrons. The standard InChI is InChI=1S/C19H18N2O/c1-14-18(15(2)22)20-21(13-16-9-5-3-6-10-16)19(14)17-11-7-4-8-12-17/h3-12H,13H2,1-2H3. The Balaban J connectivity index is 2.12. The number of ketones is 1. The number of carbonyl (C=O) groups excluding carboxylic acids is 1. The highest BCUT2D eigenvalue weighted by Gasteiger charge is 2.18. The Morgan fingerprint density at radius 2 is 1.59 bits per heavy atom. The molecular weight excluding hydrogens is 272 g/mol. The van der Waals surface area contributed by atoms with Crippen LogP contribution in [0.15, 0.2) is 60.7 Å². The molecule has 3 aromatic rings. The third-order valence-corrected chi connectivity index (χ3v) is 3.75. The summed E-state index contributed by atoms with van der Waals surface area (Å²) in [5.41, 5.74) is 4.74. The van der Waals surface area contributed by atoms with Gasteiger partial charge in [-0.05, 0) is 12.5 Å². The number of aromatic nitrogens is 2. The molecule has 0 fully saturated rings. The molecule has 0 aliphatic rings. The minimum Gasteiger partial charge on any atom is -0.293 e. The van der Waals surface area contributed by atoms with Crippen LogP contribution in [0.25, 0.3) is 11.3 Å². The largest absolute Gasteiger partial charge is 0.293 e. The topological polar surface area (TPSA) is 34.9 Å². The lowest BCUT2D eigenvalue weighted by Gasteiger charge is -2.09. The van der Waals surface area contributed by atoms with Crippen LogP contribution in [0.1, 0.15) is 28.5 Å². The zero-order valence-corrected chi connectivity index (χ0v) is 12.8. The molecule has 110 valence electrons. The molecule has 0 amide bonds. The Hall–Kier alpha value is -2.68. The summed E-state index contributed by atoms with van der Waals surface area (Å²) >= 11 is 0. The van der Waals surface area contributed by atoms with Crippen molar-refractivity contribution < 1.29 is 4.79 Å². The molecule has 0 saturated heterocycles. The smallest absolute Gasteiger partial charge is 0.180 e. The molecule has 0 bridgehead atoms. The Morgan fingerprint density at radius 3 is 2.18 bits per heavy atom. The third kappa shape index (κ3) is 2.70. The second-order valence-electron chi connectivity index (χ2n) is 5.39. The second kappa shape index (κ2) is 5.98. The SMILES string of the molecule is CC(=O)c1nn(Cc2ccccc2)c(-c2ccccc2)c1C. The van der Waals surface area contributed by atoms with E-state index >= 15 is 0 Å². The molecule has 3 rings (SSSR count). The van der Waals surface area contributed by atoms with Crippen molar-refractivity contribution in [3.8, 4) is 11.3 Å². The summed E-state index contributed by atoms with van der Waals surface area (Å²) < 4.78 is 1.93. The molecule has 2 aromatic carbocycles. The van der Waals surface area contributed by atoms with Crippen LogP contribution >= 0.6 is 0 Å². The van der Waals surface area contributed by atoms with E-state index in [9.17, 15) is 4.79 Å². The summed E-state index contributed by atoms with van der Waals surface area (Å²) in [5, 5.41) is 4.55. The quantitative estimate of drug-likeness (QED) is 0.678. The van der Waals surface area contributed by atoms with Crippen molar-refractivity contribution in [2.45, 2.75) is 20.4 Å². The van der Waals surface area contributed by atoms with E-state index in [0.717, 1.165) is 22.4 Å². The molecule has 0 spiro atoms. The van der Waals surface area contributed by atoms with Gasteiger partial charge in [0.05, 0.1) is 12.2 Å². The minimum atomic E-state index is 0.00138. The van der Waals surface area contributed by atoms with E-state index in [1.807, 2.05) is 48.0 Å². The van der Waals surface area contributed by atoms with E-state index in [1.165, 1.54) is 0 Å². The zero-order valence-electron chi connectivity index (χ0n) is 12.8. The van der Waals surface area contributed by atoms with Gasteiger partial charge in [-0.3, -0.25) is 9.48 Å². The number of hydrogen-bond acceptors (Lipinski definition) is 2. The second-order valence-corrected chi connectivity index (χ2v) is 5.39. The van der Waals surface area contributed by atoms with Crippen LogP contribution in [0.3, 0.4) is 0 Å². The molecule has 1 aromatic heterocycles. The van der Waals surface area contributed by atoms with E-state index < -0.39 is 0 Å². The van der Waals surface area contributed by atoms with Gasteiger partial charge in [0.2, 0.25) is 0 Å². The van der Waals surface area contributed by atoms with Crippen molar-refractivity contribution >= 4 is 5.78 Å². The summed E-state index contributed by atoms with van der Waals surface area (Å²) in [6.07, 6.45) is 0. The van der Waals surface area contributed by atoms with Crippen molar-refractivity contribution in [1.82, 2.24) is 9.78 Å². The number of carbonyl (C=O) groups is 1. The predicted octanol–water partition coefficient (Wildman–Crippen LogP) is 4.11. The molecule has 0 atom stereocenters. The monoisotopic (exact) mass is 290 g/mol. The highest BCUT2D eigenvalue weighted by atomic mass is 16.1. The van der Waals surface area contributed by atoms with E-state index in [-0.39, 0.29) is 5.78 Å². The van der Waals surface area contributed by atoms with Crippen LogP contribution in [0, 0.1) is 6.92 Å². The van der Waals surface area contributed by atoms with Crippen molar-refractivity contribution in [2.24, 2.45) is 0 Å². The van der Waals surface area contributed by atoms with Gasteiger partial charge in [-0.15, -0.1) is 0 Å². The predicted molar refractivity (Wildman–Crippen MR) is 87.9 cm³/mol. The first-order valence-corrected chi connectivity index (χ1v) is 7.34. The van der Waals surface area contributed by atoms with Gasteiger partial charge in [0.25, 0.3) is 0 Å². The minimum absolute atomic E-state index is 0.00138. The molecule has 0 N–H and O–H groups in total. The lowest BCUT2D eigenvalue weighted by Crippen LogP contribution is -2.05.